The van der Waals surface area contributed by atoms with Crippen LogP contribution in [0.25, 0.3) is 0 Å². The topological polar surface area (TPSA) is 93.2 Å². The van der Waals surface area contributed by atoms with Gasteiger partial charge in [0.05, 0.1) is 6.54 Å². The molecule has 118 valence electrons. The average molecular weight is 298 g/mol. The predicted molar refractivity (Wildman–Crippen MR) is 74.8 cm³/mol. The van der Waals surface area contributed by atoms with E-state index < -0.39 is 5.97 Å². The number of carboxylic acids is 1. The van der Waals surface area contributed by atoms with Crippen molar-refractivity contribution in [3.05, 3.63) is 0 Å². The zero-order chi connectivity index (χ0) is 15.4. The summed E-state index contributed by atoms with van der Waals surface area (Å²) in [6, 6.07) is -0.130. The molecule has 1 atom stereocenters. The summed E-state index contributed by atoms with van der Waals surface area (Å²) >= 11 is 0. The standard InChI is InChI=1S/C13H22N4O4/c1-15-8-10(2-3-11(15)18)14-13(21)17-6-4-16(5-7-17)9-12(19)20/h10H,2-9H2,1H3,(H,14,21)(H,19,20). The van der Waals surface area contributed by atoms with Crippen LogP contribution in [0.4, 0.5) is 4.79 Å². The van der Waals surface area contributed by atoms with Gasteiger partial charge in [-0.25, -0.2) is 4.79 Å². The third kappa shape index (κ3) is 4.32. The first-order valence-corrected chi connectivity index (χ1v) is 7.19. The number of carbonyl (C=O) groups is 3. The highest BCUT2D eigenvalue weighted by molar-refractivity contribution is 5.78. The molecule has 21 heavy (non-hydrogen) atoms. The highest BCUT2D eigenvalue weighted by Crippen LogP contribution is 2.10. The summed E-state index contributed by atoms with van der Waals surface area (Å²) in [5.41, 5.74) is 0. The summed E-state index contributed by atoms with van der Waals surface area (Å²) in [5, 5.41) is 11.7. The summed E-state index contributed by atoms with van der Waals surface area (Å²) < 4.78 is 0. The number of amides is 3. The van der Waals surface area contributed by atoms with Crippen LogP contribution in [0.1, 0.15) is 12.8 Å². The van der Waals surface area contributed by atoms with Gasteiger partial charge in [-0.1, -0.05) is 0 Å². The summed E-state index contributed by atoms with van der Waals surface area (Å²) in [7, 11) is 1.74. The summed E-state index contributed by atoms with van der Waals surface area (Å²) in [6.45, 7) is 2.77. The normalized spacial score (nSPS) is 24.0. The Kier molecular flexibility index (Phi) is 5.00. The van der Waals surface area contributed by atoms with Crippen molar-refractivity contribution >= 4 is 17.9 Å². The van der Waals surface area contributed by atoms with Crippen LogP contribution in [0, 0.1) is 0 Å². The van der Waals surface area contributed by atoms with Gasteiger partial charge in [-0.2, -0.15) is 0 Å². The van der Waals surface area contributed by atoms with E-state index >= 15 is 0 Å². The summed E-state index contributed by atoms with van der Waals surface area (Å²) in [5.74, 6) is -0.731. The number of likely N-dealkylation sites (tertiary alicyclic amines) is 1. The molecule has 2 aliphatic heterocycles. The Hall–Kier alpha value is -1.83. The van der Waals surface area contributed by atoms with Gasteiger partial charge >= 0.3 is 12.0 Å². The fourth-order valence-corrected chi connectivity index (χ4v) is 2.70. The molecule has 8 nitrogen and oxygen atoms in total. The third-order valence-electron chi connectivity index (χ3n) is 3.97. The van der Waals surface area contributed by atoms with Crippen molar-refractivity contribution in [2.75, 3.05) is 46.3 Å². The van der Waals surface area contributed by atoms with Crippen LogP contribution < -0.4 is 5.32 Å². The second-order valence-corrected chi connectivity index (χ2v) is 5.62. The smallest absolute Gasteiger partial charge is 0.317 e. The number of nitrogens with zero attached hydrogens (tertiary/aromatic N) is 3. The molecule has 3 amide bonds. The van der Waals surface area contributed by atoms with E-state index in [0.717, 1.165) is 0 Å². The van der Waals surface area contributed by atoms with Gasteiger partial charge in [0.1, 0.15) is 0 Å². The summed E-state index contributed by atoms with van der Waals surface area (Å²) in [6.07, 6.45) is 1.14. The number of hydrogen-bond donors (Lipinski definition) is 2. The number of nitrogens with one attached hydrogen (secondary N) is 1. The van der Waals surface area contributed by atoms with Crippen molar-refractivity contribution in [1.82, 2.24) is 20.0 Å². The SMILES string of the molecule is CN1CC(NC(=O)N2CCN(CC(=O)O)CC2)CCC1=O. The second-order valence-electron chi connectivity index (χ2n) is 5.62. The zero-order valence-electron chi connectivity index (χ0n) is 12.2. The minimum Gasteiger partial charge on any atom is -0.480 e. The first kappa shape index (κ1) is 15.6. The molecule has 0 spiro atoms. The maximum atomic E-state index is 12.2. The van der Waals surface area contributed by atoms with Gasteiger partial charge in [0.25, 0.3) is 0 Å². The van der Waals surface area contributed by atoms with Crippen LogP contribution in [0.3, 0.4) is 0 Å². The first-order chi connectivity index (χ1) is 9.95. The van der Waals surface area contributed by atoms with Gasteiger partial charge in [-0.15, -0.1) is 0 Å². The molecule has 2 rings (SSSR count). The molecule has 2 saturated heterocycles. The van der Waals surface area contributed by atoms with Crippen LogP contribution in [-0.4, -0.2) is 90.1 Å². The minimum absolute atomic E-state index is 0.00255. The van der Waals surface area contributed by atoms with Crippen LogP contribution in [0.2, 0.25) is 0 Å². The summed E-state index contributed by atoms with van der Waals surface area (Å²) in [4.78, 5) is 39.4. The van der Waals surface area contributed by atoms with E-state index in [1.807, 2.05) is 4.90 Å². The van der Waals surface area contributed by atoms with Crippen molar-refractivity contribution in [1.29, 1.82) is 0 Å². The maximum absolute atomic E-state index is 12.2. The molecule has 0 saturated carbocycles. The number of rotatable bonds is 3. The molecule has 0 radical (unpaired) electrons. The molecule has 0 bridgehead atoms. The van der Waals surface area contributed by atoms with Crippen LogP contribution in [0.15, 0.2) is 0 Å². The number of aliphatic carboxylic acids is 1. The number of piperazine rings is 1. The molecule has 0 aliphatic carbocycles. The van der Waals surface area contributed by atoms with Crippen LogP contribution >= 0.6 is 0 Å². The van der Waals surface area contributed by atoms with Crippen molar-refractivity contribution in [3.63, 3.8) is 0 Å². The molecular weight excluding hydrogens is 276 g/mol. The van der Waals surface area contributed by atoms with E-state index in [9.17, 15) is 14.4 Å². The second kappa shape index (κ2) is 6.75. The molecular formula is C13H22N4O4. The number of piperidine rings is 1. The molecule has 0 aromatic heterocycles. The Morgan fingerprint density at radius 3 is 2.52 bits per heavy atom. The maximum Gasteiger partial charge on any atom is 0.317 e. The molecule has 2 fully saturated rings. The molecule has 2 heterocycles. The van der Waals surface area contributed by atoms with Gasteiger partial charge < -0.3 is 20.2 Å². The van der Waals surface area contributed by atoms with Crippen molar-refractivity contribution in [2.45, 2.75) is 18.9 Å². The predicted octanol–water partition coefficient (Wildman–Crippen LogP) is -0.981. The third-order valence-corrected chi connectivity index (χ3v) is 3.97. The zero-order valence-corrected chi connectivity index (χ0v) is 12.2. The van der Waals surface area contributed by atoms with Gasteiger partial charge in [0.15, 0.2) is 0 Å². The monoisotopic (exact) mass is 298 g/mol. The van der Waals surface area contributed by atoms with E-state index in [1.165, 1.54) is 0 Å². The number of hydrogen-bond acceptors (Lipinski definition) is 4. The fourth-order valence-electron chi connectivity index (χ4n) is 2.70. The first-order valence-electron chi connectivity index (χ1n) is 7.19. The molecule has 0 aromatic carbocycles. The van der Waals surface area contributed by atoms with Gasteiger partial charge in [-0.3, -0.25) is 14.5 Å². The Balaban J connectivity index is 1.75. The Morgan fingerprint density at radius 2 is 1.95 bits per heavy atom. The van der Waals surface area contributed by atoms with Crippen LogP contribution in [0.5, 0.6) is 0 Å². The largest absolute Gasteiger partial charge is 0.480 e. The van der Waals surface area contributed by atoms with Crippen molar-refractivity contribution < 1.29 is 19.5 Å². The molecule has 0 aromatic rings. The van der Waals surface area contributed by atoms with E-state index in [4.69, 9.17) is 5.11 Å². The van der Waals surface area contributed by atoms with Gasteiger partial charge in [0.2, 0.25) is 5.91 Å². The van der Waals surface area contributed by atoms with Crippen molar-refractivity contribution in [3.8, 4) is 0 Å². The lowest BCUT2D eigenvalue weighted by atomic mass is 10.1. The lowest BCUT2D eigenvalue weighted by molar-refractivity contribution is -0.138. The lowest BCUT2D eigenvalue weighted by Gasteiger charge is -2.36. The molecule has 1 unspecified atom stereocenters. The number of urea groups is 1. The van der Waals surface area contributed by atoms with Gasteiger partial charge in [0, 0.05) is 52.2 Å². The lowest BCUT2D eigenvalue weighted by Crippen LogP contribution is -2.56. The number of carbonyl (C=O) groups excluding carboxylic acids is 2. The Bertz CT molecular complexity index is 420. The van der Waals surface area contributed by atoms with E-state index in [-0.39, 0.29) is 24.5 Å². The number of likely N-dealkylation sites (N-methyl/N-ethyl adjacent to an activating group) is 1. The fraction of sp³-hybridized carbons (Fsp3) is 0.769. The van der Waals surface area contributed by atoms with Crippen molar-refractivity contribution in [2.24, 2.45) is 0 Å². The van der Waals surface area contributed by atoms with E-state index in [0.29, 0.717) is 45.6 Å². The van der Waals surface area contributed by atoms with E-state index in [1.54, 1.807) is 16.8 Å². The van der Waals surface area contributed by atoms with Gasteiger partial charge in [-0.05, 0) is 6.42 Å². The quantitative estimate of drug-likeness (QED) is 0.698. The Labute approximate surface area is 123 Å². The molecule has 8 heteroatoms. The Morgan fingerprint density at radius 1 is 1.29 bits per heavy atom. The highest BCUT2D eigenvalue weighted by atomic mass is 16.4. The van der Waals surface area contributed by atoms with Crippen LogP contribution in [-0.2, 0) is 9.59 Å². The molecule has 2 N–H and O–H groups in total. The minimum atomic E-state index is -0.845. The number of carboxylic acid groups (broad SMARTS) is 1. The highest BCUT2D eigenvalue weighted by Gasteiger charge is 2.27. The van der Waals surface area contributed by atoms with E-state index in [2.05, 4.69) is 5.32 Å². The molecule has 2 aliphatic rings. The average Bonchev–Trinajstić information content (AvgIpc) is 2.43.